The van der Waals surface area contributed by atoms with Crippen LogP contribution < -0.4 is 4.90 Å². The van der Waals surface area contributed by atoms with Crippen molar-refractivity contribution in [2.75, 3.05) is 17.2 Å². The molecule has 1 amide bonds. The summed E-state index contributed by atoms with van der Waals surface area (Å²) in [5.41, 5.74) is 0.719. The molecule has 0 unspecified atom stereocenters. The van der Waals surface area contributed by atoms with Crippen LogP contribution >= 0.6 is 46.3 Å². The predicted molar refractivity (Wildman–Crippen MR) is 121 cm³/mol. The maximum atomic E-state index is 13.1. The summed E-state index contributed by atoms with van der Waals surface area (Å²) in [6, 6.07) is 15.0. The van der Waals surface area contributed by atoms with Crippen molar-refractivity contribution in [1.29, 1.82) is 0 Å². The molecule has 0 N–H and O–H groups in total. The Labute approximate surface area is 186 Å². The largest absolute Gasteiger partial charge is 0.285 e. The fourth-order valence-corrected chi connectivity index (χ4v) is 4.94. The van der Waals surface area contributed by atoms with E-state index in [1.54, 1.807) is 21.8 Å². The van der Waals surface area contributed by atoms with Gasteiger partial charge < -0.3 is 0 Å². The topological polar surface area (TPSA) is 51.0 Å². The summed E-state index contributed by atoms with van der Waals surface area (Å²) in [6.45, 7) is 1.05. The third-order valence-corrected chi connectivity index (χ3v) is 6.78. The van der Waals surface area contributed by atoms with E-state index in [1.807, 2.05) is 48.7 Å². The van der Waals surface area contributed by atoms with Gasteiger partial charge in [0.1, 0.15) is 5.52 Å². The molecule has 0 saturated heterocycles. The van der Waals surface area contributed by atoms with Gasteiger partial charge in [0.05, 0.1) is 22.0 Å². The molecule has 0 aliphatic rings. The van der Waals surface area contributed by atoms with E-state index in [0.717, 1.165) is 15.1 Å². The highest BCUT2D eigenvalue weighted by Crippen LogP contribution is 2.33. The van der Waals surface area contributed by atoms with E-state index in [0.29, 0.717) is 34.0 Å². The van der Waals surface area contributed by atoms with E-state index >= 15 is 0 Å². The minimum atomic E-state index is -0.0210. The SMILES string of the molecule is O=C(CSc1ccc(Cl)cc1)N(CCn1cccn1)c1nc2c(Cl)cccc2s1. The lowest BCUT2D eigenvalue weighted by Crippen LogP contribution is -2.35. The first-order valence-corrected chi connectivity index (χ1v) is 11.4. The van der Waals surface area contributed by atoms with Crippen molar-refractivity contribution in [1.82, 2.24) is 14.8 Å². The Bertz CT molecular complexity index is 1110. The third kappa shape index (κ3) is 4.93. The van der Waals surface area contributed by atoms with Crippen molar-refractivity contribution >= 4 is 67.6 Å². The second-order valence-corrected chi connectivity index (χ2v) is 9.04. The third-order valence-electron chi connectivity index (χ3n) is 4.18. The van der Waals surface area contributed by atoms with Gasteiger partial charge in [-0.2, -0.15) is 5.10 Å². The summed E-state index contributed by atoms with van der Waals surface area (Å²) >= 11 is 15.1. The van der Waals surface area contributed by atoms with Gasteiger partial charge in [-0.05, 0) is 42.5 Å². The van der Waals surface area contributed by atoms with Gasteiger partial charge in [0.25, 0.3) is 0 Å². The van der Waals surface area contributed by atoms with Crippen LogP contribution in [0.2, 0.25) is 10.0 Å². The van der Waals surface area contributed by atoms with Crippen molar-refractivity contribution in [3.8, 4) is 0 Å². The standard InChI is InChI=1S/C20H16Cl2N4OS2/c21-14-5-7-15(8-6-14)28-13-18(27)26(12-11-25-10-2-9-23-25)20-24-19-16(22)3-1-4-17(19)29-20/h1-10H,11-13H2. The Morgan fingerprint density at radius 2 is 1.97 bits per heavy atom. The van der Waals surface area contributed by atoms with Crippen molar-refractivity contribution in [3.05, 3.63) is 71.0 Å². The summed E-state index contributed by atoms with van der Waals surface area (Å²) < 4.78 is 2.75. The first-order valence-electron chi connectivity index (χ1n) is 8.81. The number of anilines is 1. The molecular formula is C20H16Cl2N4OS2. The number of halogens is 2. The maximum absolute atomic E-state index is 13.1. The predicted octanol–water partition coefficient (Wildman–Crippen LogP) is 5.63. The van der Waals surface area contributed by atoms with E-state index in [1.165, 1.54) is 23.1 Å². The number of hydrogen-bond acceptors (Lipinski definition) is 5. The Hall–Kier alpha value is -2.06. The van der Waals surface area contributed by atoms with Crippen molar-refractivity contribution in [2.24, 2.45) is 0 Å². The van der Waals surface area contributed by atoms with Crippen LogP contribution in [0.25, 0.3) is 10.2 Å². The molecule has 0 fully saturated rings. The molecule has 0 spiro atoms. The molecule has 2 aromatic heterocycles. The number of rotatable bonds is 7. The number of carbonyl (C=O) groups excluding carboxylic acids is 1. The van der Waals surface area contributed by atoms with Crippen LogP contribution in [0.15, 0.2) is 65.8 Å². The fraction of sp³-hybridized carbons (Fsp3) is 0.150. The number of amides is 1. The Morgan fingerprint density at radius 3 is 2.69 bits per heavy atom. The molecule has 0 aliphatic heterocycles. The molecule has 0 atom stereocenters. The van der Waals surface area contributed by atoms with Gasteiger partial charge in [-0.1, -0.05) is 40.6 Å². The zero-order valence-corrected chi connectivity index (χ0v) is 18.3. The van der Waals surface area contributed by atoms with Crippen LogP contribution in [0.1, 0.15) is 0 Å². The van der Waals surface area contributed by atoms with Crippen molar-refractivity contribution < 1.29 is 4.79 Å². The normalized spacial score (nSPS) is 11.1. The zero-order valence-electron chi connectivity index (χ0n) is 15.2. The second kappa shape index (κ2) is 9.17. The van der Waals surface area contributed by atoms with Gasteiger partial charge >= 0.3 is 0 Å². The summed E-state index contributed by atoms with van der Waals surface area (Å²) in [6.07, 6.45) is 3.60. The van der Waals surface area contributed by atoms with Crippen LogP contribution in [-0.4, -0.2) is 33.0 Å². The first-order chi connectivity index (χ1) is 14.1. The van der Waals surface area contributed by atoms with Gasteiger partial charge in [0.15, 0.2) is 5.13 Å². The number of nitrogens with zero attached hydrogens (tertiary/aromatic N) is 4. The molecule has 2 heterocycles. The van der Waals surface area contributed by atoms with E-state index in [9.17, 15) is 4.79 Å². The molecule has 2 aromatic carbocycles. The maximum Gasteiger partial charge on any atom is 0.239 e. The zero-order chi connectivity index (χ0) is 20.2. The van der Waals surface area contributed by atoms with Crippen LogP contribution in [0.4, 0.5) is 5.13 Å². The van der Waals surface area contributed by atoms with E-state index in [-0.39, 0.29) is 5.91 Å². The number of benzene rings is 2. The van der Waals surface area contributed by atoms with E-state index in [4.69, 9.17) is 23.2 Å². The minimum Gasteiger partial charge on any atom is -0.285 e. The summed E-state index contributed by atoms with van der Waals surface area (Å²) in [5.74, 6) is 0.275. The van der Waals surface area contributed by atoms with Gasteiger partial charge in [0.2, 0.25) is 5.91 Å². The number of thioether (sulfide) groups is 1. The van der Waals surface area contributed by atoms with Crippen LogP contribution in [0, 0.1) is 0 Å². The summed E-state index contributed by atoms with van der Waals surface area (Å²) in [7, 11) is 0. The van der Waals surface area contributed by atoms with Gasteiger partial charge in [0, 0.05) is 28.9 Å². The monoisotopic (exact) mass is 462 g/mol. The highest BCUT2D eigenvalue weighted by atomic mass is 35.5. The highest BCUT2D eigenvalue weighted by Gasteiger charge is 2.20. The smallest absolute Gasteiger partial charge is 0.239 e. The fourth-order valence-electron chi connectivity index (χ4n) is 2.73. The Kier molecular flexibility index (Phi) is 6.40. The average molecular weight is 463 g/mol. The molecule has 0 radical (unpaired) electrons. The number of hydrogen-bond donors (Lipinski definition) is 0. The van der Waals surface area contributed by atoms with Crippen molar-refractivity contribution in [2.45, 2.75) is 11.4 Å². The molecular weight excluding hydrogens is 447 g/mol. The molecule has 0 aliphatic carbocycles. The van der Waals surface area contributed by atoms with Crippen LogP contribution in [0.5, 0.6) is 0 Å². The number of carbonyl (C=O) groups is 1. The molecule has 0 bridgehead atoms. The van der Waals surface area contributed by atoms with Gasteiger partial charge in [-0.3, -0.25) is 14.4 Å². The Balaban J connectivity index is 1.55. The number of aromatic nitrogens is 3. The minimum absolute atomic E-state index is 0.0210. The number of fused-ring (bicyclic) bond motifs is 1. The van der Waals surface area contributed by atoms with Gasteiger partial charge in [-0.25, -0.2) is 4.98 Å². The molecule has 4 aromatic rings. The molecule has 0 saturated carbocycles. The lowest BCUT2D eigenvalue weighted by atomic mass is 10.3. The molecule has 9 heteroatoms. The van der Waals surface area contributed by atoms with E-state index in [2.05, 4.69) is 10.1 Å². The number of para-hydroxylation sites is 1. The number of thiazole rings is 1. The first kappa shape index (κ1) is 20.2. The lowest BCUT2D eigenvalue weighted by Gasteiger charge is -2.19. The van der Waals surface area contributed by atoms with Crippen LogP contribution in [-0.2, 0) is 11.3 Å². The summed E-state index contributed by atoms with van der Waals surface area (Å²) in [5, 5.41) is 6.12. The molecule has 148 valence electrons. The quantitative estimate of drug-likeness (QED) is 0.334. The lowest BCUT2D eigenvalue weighted by molar-refractivity contribution is -0.116. The van der Waals surface area contributed by atoms with Crippen molar-refractivity contribution in [3.63, 3.8) is 0 Å². The molecule has 29 heavy (non-hydrogen) atoms. The highest BCUT2D eigenvalue weighted by molar-refractivity contribution is 8.00. The van der Waals surface area contributed by atoms with Gasteiger partial charge in [-0.15, -0.1) is 11.8 Å². The summed E-state index contributed by atoms with van der Waals surface area (Å²) in [4.78, 5) is 20.4. The second-order valence-electron chi connectivity index (χ2n) is 6.14. The van der Waals surface area contributed by atoms with Crippen LogP contribution in [0.3, 0.4) is 0 Å². The molecule has 4 rings (SSSR count). The van der Waals surface area contributed by atoms with E-state index < -0.39 is 0 Å². The molecule has 5 nitrogen and oxygen atoms in total. The Morgan fingerprint density at radius 1 is 1.14 bits per heavy atom. The average Bonchev–Trinajstić information content (AvgIpc) is 3.38.